The van der Waals surface area contributed by atoms with Crippen LogP contribution in [0.2, 0.25) is 0 Å². The molecule has 1 aliphatic rings. The lowest BCUT2D eigenvalue weighted by Gasteiger charge is -2.36. The van der Waals surface area contributed by atoms with E-state index in [2.05, 4.69) is 19.2 Å². The van der Waals surface area contributed by atoms with Gasteiger partial charge in [-0.25, -0.2) is 4.79 Å². The van der Waals surface area contributed by atoms with E-state index in [1.165, 1.54) is 0 Å². The van der Waals surface area contributed by atoms with Gasteiger partial charge < -0.3 is 20.1 Å². The quantitative estimate of drug-likeness (QED) is 0.704. The number of hydrogen-bond acceptors (Lipinski definition) is 3. The summed E-state index contributed by atoms with van der Waals surface area (Å²) in [6.45, 7) is 8.59. The summed E-state index contributed by atoms with van der Waals surface area (Å²) in [5, 5.41) is 11.9. The largest absolute Gasteiger partial charge is 0.481 e. The van der Waals surface area contributed by atoms with Crippen molar-refractivity contribution in [1.82, 2.24) is 10.2 Å². The molecular formula is C15H28N2O4. The van der Waals surface area contributed by atoms with Crippen molar-refractivity contribution in [2.24, 2.45) is 11.8 Å². The third-order valence-corrected chi connectivity index (χ3v) is 3.68. The van der Waals surface area contributed by atoms with E-state index in [1.807, 2.05) is 6.92 Å². The molecule has 2 unspecified atom stereocenters. The van der Waals surface area contributed by atoms with Gasteiger partial charge in [-0.1, -0.05) is 13.8 Å². The lowest BCUT2D eigenvalue weighted by Crippen LogP contribution is -2.50. The first kappa shape index (κ1) is 17.8. The number of ether oxygens (including phenoxy) is 1. The number of rotatable bonds is 7. The van der Waals surface area contributed by atoms with Gasteiger partial charge in [0.05, 0.1) is 5.92 Å². The molecule has 2 N–H and O–H groups in total. The van der Waals surface area contributed by atoms with E-state index in [4.69, 9.17) is 9.84 Å². The molecule has 2 amide bonds. The number of aliphatic carboxylic acids is 1. The van der Waals surface area contributed by atoms with Gasteiger partial charge in [-0.05, 0) is 32.1 Å². The van der Waals surface area contributed by atoms with Gasteiger partial charge in [0.15, 0.2) is 0 Å². The number of piperidine rings is 1. The van der Waals surface area contributed by atoms with Crippen LogP contribution in [0, 0.1) is 11.8 Å². The van der Waals surface area contributed by atoms with Gasteiger partial charge in [-0.3, -0.25) is 4.79 Å². The van der Waals surface area contributed by atoms with Crippen LogP contribution in [-0.2, 0) is 9.53 Å². The highest BCUT2D eigenvalue weighted by atomic mass is 16.5. The predicted molar refractivity (Wildman–Crippen MR) is 80.2 cm³/mol. The van der Waals surface area contributed by atoms with Crippen LogP contribution in [0.3, 0.4) is 0 Å². The van der Waals surface area contributed by atoms with Crippen molar-refractivity contribution < 1.29 is 19.4 Å². The molecule has 0 saturated carbocycles. The molecular weight excluding hydrogens is 272 g/mol. The minimum Gasteiger partial charge on any atom is -0.481 e. The molecule has 1 fully saturated rings. The highest BCUT2D eigenvalue weighted by Gasteiger charge is 2.31. The summed E-state index contributed by atoms with van der Waals surface area (Å²) in [7, 11) is 0. The van der Waals surface area contributed by atoms with Crippen LogP contribution < -0.4 is 5.32 Å². The first-order valence-electron chi connectivity index (χ1n) is 7.76. The molecule has 0 bridgehead atoms. The standard InChI is InChI=1S/C15H28N2O4/c1-11(2)10-21-8-4-6-16-15(20)17-7-5-13(14(18)19)9-12(17)3/h11-13H,4-10H2,1-3H3,(H,16,20)(H,18,19). The topological polar surface area (TPSA) is 78.9 Å². The van der Waals surface area contributed by atoms with Crippen molar-refractivity contribution in [3.8, 4) is 0 Å². The number of hydrogen-bond donors (Lipinski definition) is 2. The van der Waals surface area contributed by atoms with Crippen LogP contribution in [0.4, 0.5) is 4.79 Å². The van der Waals surface area contributed by atoms with E-state index in [0.29, 0.717) is 38.5 Å². The van der Waals surface area contributed by atoms with E-state index in [0.717, 1.165) is 13.0 Å². The van der Waals surface area contributed by atoms with Gasteiger partial charge in [0, 0.05) is 32.3 Å². The number of amides is 2. The van der Waals surface area contributed by atoms with Gasteiger partial charge in [0.1, 0.15) is 0 Å². The van der Waals surface area contributed by atoms with Crippen LogP contribution in [0.1, 0.15) is 40.0 Å². The molecule has 21 heavy (non-hydrogen) atoms. The molecule has 0 aromatic heterocycles. The van der Waals surface area contributed by atoms with Crippen molar-refractivity contribution in [3.05, 3.63) is 0 Å². The van der Waals surface area contributed by atoms with Crippen molar-refractivity contribution in [1.29, 1.82) is 0 Å². The zero-order valence-corrected chi connectivity index (χ0v) is 13.3. The summed E-state index contributed by atoms with van der Waals surface area (Å²) in [5.74, 6) is -0.561. The van der Waals surface area contributed by atoms with E-state index < -0.39 is 5.97 Å². The first-order chi connectivity index (χ1) is 9.91. The van der Waals surface area contributed by atoms with E-state index in [1.54, 1.807) is 4.90 Å². The van der Waals surface area contributed by atoms with Gasteiger partial charge >= 0.3 is 12.0 Å². The Morgan fingerprint density at radius 3 is 2.71 bits per heavy atom. The molecule has 6 heteroatoms. The maximum Gasteiger partial charge on any atom is 0.317 e. The Morgan fingerprint density at radius 2 is 2.14 bits per heavy atom. The maximum absolute atomic E-state index is 12.1. The lowest BCUT2D eigenvalue weighted by atomic mass is 9.92. The molecule has 1 aliphatic heterocycles. The summed E-state index contributed by atoms with van der Waals surface area (Å²) >= 11 is 0. The second kappa shape index (κ2) is 8.87. The Morgan fingerprint density at radius 1 is 1.43 bits per heavy atom. The Kier molecular flexibility index (Phi) is 7.50. The highest BCUT2D eigenvalue weighted by molar-refractivity contribution is 5.75. The van der Waals surface area contributed by atoms with Gasteiger partial charge in [0.2, 0.25) is 0 Å². The number of likely N-dealkylation sites (tertiary alicyclic amines) is 1. The molecule has 0 aliphatic carbocycles. The fraction of sp³-hybridized carbons (Fsp3) is 0.867. The Balaban J connectivity index is 2.19. The normalized spacial score (nSPS) is 22.4. The van der Waals surface area contributed by atoms with Gasteiger partial charge in [0.25, 0.3) is 0 Å². The Hall–Kier alpha value is -1.30. The summed E-state index contributed by atoms with van der Waals surface area (Å²) in [6.07, 6.45) is 1.85. The Bertz CT molecular complexity index is 347. The number of urea groups is 1. The predicted octanol–water partition coefficient (Wildman–Crippen LogP) is 1.94. The fourth-order valence-corrected chi connectivity index (χ4v) is 2.49. The maximum atomic E-state index is 12.1. The number of carboxylic acids is 1. The lowest BCUT2D eigenvalue weighted by molar-refractivity contribution is -0.143. The number of carbonyl (C=O) groups is 2. The summed E-state index contributed by atoms with van der Waals surface area (Å²) in [6, 6.07) is -0.132. The number of carboxylic acid groups (broad SMARTS) is 1. The molecule has 1 heterocycles. The van der Waals surface area contributed by atoms with Crippen LogP contribution >= 0.6 is 0 Å². The van der Waals surface area contributed by atoms with Crippen LogP contribution in [0.25, 0.3) is 0 Å². The molecule has 0 aromatic rings. The minimum atomic E-state index is -0.760. The molecule has 1 saturated heterocycles. The average molecular weight is 300 g/mol. The fourth-order valence-electron chi connectivity index (χ4n) is 2.49. The third-order valence-electron chi connectivity index (χ3n) is 3.68. The van der Waals surface area contributed by atoms with E-state index in [-0.39, 0.29) is 18.0 Å². The smallest absolute Gasteiger partial charge is 0.317 e. The van der Waals surface area contributed by atoms with Crippen LogP contribution in [0.5, 0.6) is 0 Å². The monoisotopic (exact) mass is 300 g/mol. The summed E-state index contributed by atoms with van der Waals surface area (Å²) in [4.78, 5) is 24.7. The molecule has 122 valence electrons. The summed E-state index contributed by atoms with van der Waals surface area (Å²) in [5.41, 5.74) is 0. The zero-order valence-electron chi connectivity index (χ0n) is 13.3. The third kappa shape index (κ3) is 6.33. The van der Waals surface area contributed by atoms with Crippen LogP contribution in [-0.4, -0.2) is 54.4 Å². The van der Waals surface area contributed by atoms with E-state index in [9.17, 15) is 9.59 Å². The molecule has 6 nitrogen and oxygen atoms in total. The molecule has 1 rings (SSSR count). The molecule has 0 aromatic carbocycles. The average Bonchev–Trinajstić information content (AvgIpc) is 2.41. The van der Waals surface area contributed by atoms with Crippen molar-refractivity contribution in [3.63, 3.8) is 0 Å². The van der Waals surface area contributed by atoms with Crippen molar-refractivity contribution >= 4 is 12.0 Å². The number of nitrogens with one attached hydrogen (secondary N) is 1. The molecule has 0 radical (unpaired) electrons. The highest BCUT2D eigenvalue weighted by Crippen LogP contribution is 2.22. The second-order valence-corrected chi connectivity index (χ2v) is 6.16. The second-order valence-electron chi connectivity index (χ2n) is 6.16. The molecule has 0 spiro atoms. The SMILES string of the molecule is CC(C)COCCCNC(=O)N1CCC(C(=O)O)CC1C. The summed E-state index contributed by atoms with van der Waals surface area (Å²) < 4.78 is 5.45. The minimum absolute atomic E-state index is 0.0305. The number of carbonyl (C=O) groups excluding carboxylic acids is 1. The first-order valence-corrected chi connectivity index (χ1v) is 7.76. The van der Waals surface area contributed by atoms with Crippen molar-refractivity contribution in [2.75, 3.05) is 26.3 Å². The molecule has 2 atom stereocenters. The van der Waals surface area contributed by atoms with Gasteiger partial charge in [-0.15, -0.1) is 0 Å². The van der Waals surface area contributed by atoms with Crippen molar-refractivity contribution in [2.45, 2.75) is 46.1 Å². The van der Waals surface area contributed by atoms with E-state index >= 15 is 0 Å². The Labute approximate surface area is 126 Å². The van der Waals surface area contributed by atoms with Gasteiger partial charge in [-0.2, -0.15) is 0 Å². The number of nitrogens with zero attached hydrogens (tertiary/aromatic N) is 1. The zero-order chi connectivity index (χ0) is 15.8. The van der Waals surface area contributed by atoms with Crippen LogP contribution in [0.15, 0.2) is 0 Å².